The Hall–Kier alpha value is -3.45. The van der Waals surface area contributed by atoms with Crippen LogP contribution in [0.4, 0.5) is 20.2 Å². The normalized spacial score (nSPS) is 11.8. The number of nitrogens with one attached hydrogen (secondary N) is 1. The van der Waals surface area contributed by atoms with Crippen LogP contribution in [0, 0.1) is 11.6 Å². The Morgan fingerprint density at radius 1 is 0.972 bits per heavy atom. The van der Waals surface area contributed by atoms with Gasteiger partial charge in [0, 0.05) is 11.8 Å². The standard InChI is InChI=1S/C29H34F2N2O3/c1-4-33(5-2)16-8-9-21(3)36-29(34)20-35-26-13-7-12-25(19-26)32-28-18-23(14-15-27(28)31)22-10-6-11-24(30)17-22/h6-7,10-15,17-19,21,32H,4-5,8-9,16,20H2,1-3H3. The van der Waals surface area contributed by atoms with E-state index in [2.05, 4.69) is 24.1 Å². The molecule has 7 heteroatoms. The number of carbonyl (C=O) groups is 1. The Morgan fingerprint density at radius 3 is 2.47 bits per heavy atom. The minimum atomic E-state index is -0.444. The second-order valence-electron chi connectivity index (χ2n) is 8.62. The van der Waals surface area contributed by atoms with Gasteiger partial charge >= 0.3 is 5.97 Å². The molecule has 3 aromatic rings. The van der Waals surface area contributed by atoms with Crippen LogP contribution >= 0.6 is 0 Å². The Balaban J connectivity index is 1.54. The molecule has 0 bridgehead atoms. The minimum absolute atomic E-state index is 0.182. The van der Waals surface area contributed by atoms with Crippen LogP contribution in [0.1, 0.15) is 33.6 Å². The molecule has 192 valence electrons. The lowest BCUT2D eigenvalue weighted by atomic mass is 10.0. The van der Waals surface area contributed by atoms with Gasteiger partial charge in [-0.05, 0) is 86.9 Å². The molecule has 36 heavy (non-hydrogen) atoms. The van der Waals surface area contributed by atoms with E-state index in [-0.39, 0.29) is 24.2 Å². The van der Waals surface area contributed by atoms with E-state index < -0.39 is 11.8 Å². The van der Waals surface area contributed by atoms with Crippen LogP contribution in [0.3, 0.4) is 0 Å². The summed E-state index contributed by atoms with van der Waals surface area (Å²) in [6.07, 6.45) is 1.57. The highest BCUT2D eigenvalue weighted by Crippen LogP contribution is 2.29. The van der Waals surface area contributed by atoms with Crippen molar-refractivity contribution in [1.82, 2.24) is 4.90 Å². The topological polar surface area (TPSA) is 50.8 Å². The molecule has 0 aliphatic carbocycles. The van der Waals surface area contributed by atoms with Crippen molar-refractivity contribution >= 4 is 17.3 Å². The second-order valence-corrected chi connectivity index (χ2v) is 8.62. The van der Waals surface area contributed by atoms with Crippen molar-refractivity contribution < 1.29 is 23.0 Å². The molecular formula is C29H34F2N2O3. The average molecular weight is 497 g/mol. The zero-order valence-corrected chi connectivity index (χ0v) is 21.1. The lowest BCUT2D eigenvalue weighted by Gasteiger charge is -2.19. The van der Waals surface area contributed by atoms with E-state index in [9.17, 15) is 13.6 Å². The molecule has 0 radical (unpaired) electrons. The zero-order valence-electron chi connectivity index (χ0n) is 21.1. The molecule has 0 aromatic heterocycles. The number of hydrogen-bond donors (Lipinski definition) is 1. The number of ether oxygens (including phenoxy) is 2. The molecule has 0 aliphatic heterocycles. The van der Waals surface area contributed by atoms with Crippen molar-refractivity contribution in [3.05, 3.63) is 78.4 Å². The summed E-state index contributed by atoms with van der Waals surface area (Å²) in [5.74, 6) is -0.783. The first-order chi connectivity index (χ1) is 17.4. The van der Waals surface area contributed by atoms with Gasteiger partial charge in [-0.1, -0.05) is 38.1 Å². The number of nitrogens with zero attached hydrogens (tertiary/aromatic N) is 1. The number of benzene rings is 3. The summed E-state index contributed by atoms with van der Waals surface area (Å²) in [6, 6.07) is 17.6. The maximum atomic E-state index is 14.5. The maximum absolute atomic E-state index is 14.5. The lowest BCUT2D eigenvalue weighted by Crippen LogP contribution is -2.26. The molecule has 1 atom stereocenters. The summed E-state index contributed by atoms with van der Waals surface area (Å²) >= 11 is 0. The molecule has 1 N–H and O–H groups in total. The molecule has 0 fully saturated rings. The summed E-state index contributed by atoms with van der Waals surface area (Å²) < 4.78 is 39.1. The summed E-state index contributed by atoms with van der Waals surface area (Å²) in [4.78, 5) is 14.5. The molecule has 0 heterocycles. The van der Waals surface area contributed by atoms with Gasteiger partial charge in [0.15, 0.2) is 6.61 Å². The van der Waals surface area contributed by atoms with E-state index in [1.807, 2.05) is 6.92 Å². The third-order valence-electron chi connectivity index (χ3n) is 5.91. The third-order valence-corrected chi connectivity index (χ3v) is 5.91. The first-order valence-corrected chi connectivity index (χ1v) is 12.3. The highest BCUT2D eigenvalue weighted by molar-refractivity contribution is 5.72. The molecule has 0 spiro atoms. The third kappa shape index (κ3) is 8.34. The van der Waals surface area contributed by atoms with Crippen LogP contribution in [-0.4, -0.2) is 43.2 Å². The molecule has 0 saturated heterocycles. The molecular weight excluding hydrogens is 462 g/mol. The van der Waals surface area contributed by atoms with Gasteiger partial charge in [0.1, 0.15) is 17.4 Å². The van der Waals surface area contributed by atoms with Crippen molar-refractivity contribution in [2.24, 2.45) is 0 Å². The number of halogens is 2. The zero-order chi connectivity index (χ0) is 25.9. The number of anilines is 2. The molecule has 0 aliphatic rings. The van der Waals surface area contributed by atoms with Crippen molar-refractivity contribution in [2.45, 2.75) is 39.7 Å². The Labute approximate surface area is 212 Å². The van der Waals surface area contributed by atoms with Gasteiger partial charge in [-0.2, -0.15) is 0 Å². The Bertz CT molecular complexity index is 1140. The molecule has 1 unspecified atom stereocenters. The first kappa shape index (κ1) is 27.1. The number of hydrogen-bond acceptors (Lipinski definition) is 5. The lowest BCUT2D eigenvalue weighted by molar-refractivity contribution is -0.150. The largest absolute Gasteiger partial charge is 0.482 e. The summed E-state index contributed by atoms with van der Waals surface area (Å²) in [6.45, 7) is 8.95. The van der Waals surface area contributed by atoms with Crippen LogP contribution in [0.2, 0.25) is 0 Å². The predicted octanol–water partition coefficient (Wildman–Crippen LogP) is 6.81. The van der Waals surface area contributed by atoms with Gasteiger partial charge in [-0.25, -0.2) is 13.6 Å². The fraction of sp³-hybridized carbons (Fsp3) is 0.345. The fourth-order valence-corrected chi connectivity index (χ4v) is 3.89. The van der Waals surface area contributed by atoms with Crippen molar-refractivity contribution in [3.8, 4) is 16.9 Å². The van der Waals surface area contributed by atoms with Crippen LogP contribution in [0.5, 0.6) is 5.75 Å². The number of esters is 1. The van der Waals surface area contributed by atoms with E-state index >= 15 is 0 Å². The minimum Gasteiger partial charge on any atom is -0.482 e. The van der Waals surface area contributed by atoms with Crippen molar-refractivity contribution in [3.63, 3.8) is 0 Å². The average Bonchev–Trinajstić information content (AvgIpc) is 2.87. The molecule has 0 saturated carbocycles. The fourth-order valence-electron chi connectivity index (χ4n) is 3.89. The monoisotopic (exact) mass is 496 g/mol. The van der Waals surface area contributed by atoms with Gasteiger partial charge in [0.05, 0.1) is 11.8 Å². The Morgan fingerprint density at radius 2 is 1.72 bits per heavy atom. The van der Waals surface area contributed by atoms with Gasteiger partial charge < -0.3 is 19.7 Å². The van der Waals surface area contributed by atoms with Crippen molar-refractivity contribution in [2.75, 3.05) is 31.6 Å². The van der Waals surface area contributed by atoms with Gasteiger partial charge in [-0.15, -0.1) is 0 Å². The number of carbonyl (C=O) groups excluding carboxylic acids is 1. The van der Waals surface area contributed by atoms with Crippen LogP contribution < -0.4 is 10.1 Å². The maximum Gasteiger partial charge on any atom is 0.344 e. The van der Waals surface area contributed by atoms with E-state index in [0.29, 0.717) is 22.6 Å². The summed E-state index contributed by atoms with van der Waals surface area (Å²) in [5.41, 5.74) is 2.16. The molecule has 5 nitrogen and oxygen atoms in total. The quantitative estimate of drug-likeness (QED) is 0.264. The van der Waals surface area contributed by atoms with Crippen LogP contribution in [-0.2, 0) is 9.53 Å². The molecule has 0 amide bonds. The predicted molar refractivity (Wildman–Crippen MR) is 140 cm³/mol. The summed E-state index contributed by atoms with van der Waals surface area (Å²) in [5, 5.41) is 3.03. The van der Waals surface area contributed by atoms with Gasteiger partial charge in [-0.3, -0.25) is 0 Å². The highest BCUT2D eigenvalue weighted by atomic mass is 19.1. The smallest absolute Gasteiger partial charge is 0.344 e. The van der Waals surface area contributed by atoms with E-state index in [1.165, 1.54) is 18.2 Å². The van der Waals surface area contributed by atoms with Gasteiger partial charge in [0.2, 0.25) is 0 Å². The molecule has 3 rings (SSSR count). The second kappa shape index (κ2) is 13.6. The summed E-state index contributed by atoms with van der Waals surface area (Å²) in [7, 11) is 0. The van der Waals surface area contributed by atoms with Crippen molar-refractivity contribution in [1.29, 1.82) is 0 Å². The van der Waals surface area contributed by atoms with E-state index in [0.717, 1.165) is 32.5 Å². The SMILES string of the molecule is CCN(CC)CCCC(C)OC(=O)COc1cccc(Nc2cc(-c3cccc(F)c3)ccc2F)c1. The highest BCUT2D eigenvalue weighted by Gasteiger charge is 2.12. The van der Waals surface area contributed by atoms with E-state index in [1.54, 1.807) is 48.5 Å². The van der Waals surface area contributed by atoms with Gasteiger partial charge in [0.25, 0.3) is 0 Å². The first-order valence-electron chi connectivity index (χ1n) is 12.3. The Kier molecular flexibility index (Phi) is 10.2. The van der Waals surface area contributed by atoms with Crippen LogP contribution in [0.15, 0.2) is 66.7 Å². The van der Waals surface area contributed by atoms with E-state index in [4.69, 9.17) is 9.47 Å². The number of rotatable bonds is 13. The molecule has 3 aromatic carbocycles. The van der Waals surface area contributed by atoms with Crippen LogP contribution in [0.25, 0.3) is 11.1 Å².